The fourth-order valence-electron chi connectivity index (χ4n) is 4.78. The molecule has 2 aromatic carbocycles. The molecule has 0 unspecified atom stereocenters. The number of aryl methyl sites for hydroxylation is 1. The molecule has 0 aliphatic carbocycles. The first-order chi connectivity index (χ1) is 16.7. The van der Waals surface area contributed by atoms with Crippen LogP contribution in [0.1, 0.15) is 18.1 Å². The number of aromatic nitrogens is 2. The number of nitrogens with zero attached hydrogens (tertiary/aromatic N) is 3. The summed E-state index contributed by atoms with van der Waals surface area (Å²) in [5.41, 5.74) is 8.33. The van der Waals surface area contributed by atoms with E-state index in [1.165, 1.54) is 27.8 Å². The van der Waals surface area contributed by atoms with Crippen LogP contribution in [0.5, 0.6) is 0 Å². The van der Waals surface area contributed by atoms with Crippen LogP contribution in [0.3, 0.4) is 0 Å². The lowest BCUT2D eigenvalue weighted by Crippen LogP contribution is -2.46. The Balaban J connectivity index is 1.26. The van der Waals surface area contributed by atoms with Crippen LogP contribution in [-0.2, 0) is 11.3 Å². The van der Waals surface area contributed by atoms with Crippen molar-refractivity contribution < 1.29 is 4.74 Å². The van der Waals surface area contributed by atoms with Crippen LogP contribution in [0.4, 0.5) is 0 Å². The van der Waals surface area contributed by atoms with Gasteiger partial charge in [0.05, 0.1) is 6.61 Å². The fraction of sp³-hybridized carbons (Fsp3) is 0.345. The number of rotatable bonds is 8. The first-order valence-electron chi connectivity index (χ1n) is 12.4. The number of nitrogens with one attached hydrogen (secondary N) is 1. The Labute approximate surface area is 202 Å². The molecule has 0 atom stereocenters. The minimum Gasteiger partial charge on any atom is -0.380 e. The number of benzene rings is 2. The fourth-order valence-corrected chi connectivity index (χ4v) is 4.78. The van der Waals surface area contributed by atoms with Gasteiger partial charge in [-0.1, -0.05) is 54.1 Å². The number of H-pyrrole nitrogens is 1. The van der Waals surface area contributed by atoms with E-state index in [4.69, 9.17) is 9.72 Å². The maximum atomic E-state index is 5.50. The van der Waals surface area contributed by atoms with Gasteiger partial charge in [0, 0.05) is 74.8 Å². The molecule has 5 nitrogen and oxygen atoms in total. The van der Waals surface area contributed by atoms with Crippen molar-refractivity contribution in [3.63, 3.8) is 0 Å². The molecule has 2 aromatic heterocycles. The average Bonchev–Trinajstić information content (AvgIpc) is 3.29. The van der Waals surface area contributed by atoms with Gasteiger partial charge < -0.3 is 9.72 Å². The van der Waals surface area contributed by atoms with Crippen LogP contribution < -0.4 is 0 Å². The average molecular weight is 455 g/mol. The normalized spacial score (nSPS) is 15.2. The third-order valence-electron chi connectivity index (χ3n) is 6.77. The number of aromatic amines is 1. The standard InChI is InChI=1S/C29H34N4O/c1-3-34-16-15-32-11-13-33(14-12-32)21-23-7-9-24(10-8-23)26-18-27-28(20-31-29(27)30-19-26)25-6-4-5-22(2)17-25/h4-10,17-20H,3,11-16,21H2,1-2H3,(H,30,31). The number of hydrogen-bond donors (Lipinski definition) is 1. The highest BCUT2D eigenvalue weighted by atomic mass is 16.5. The van der Waals surface area contributed by atoms with Crippen molar-refractivity contribution in [1.82, 2.24) is 19.8 Å². The van der Waals surface area contributed by atoms with Crippen molar-refractivity contribution in [1.29, 1.82) is 0 Å². The molecule has 3 heterocycles. The van der Waals surface area contributed by atoms with Gasteiger partial charge in [0.1, 0.15) is 5.65 Å². The second-order valence-electron chi connectivity index (χ2n) is 9.20. The van der Waals surface area contributed by atoms with E-state index in [1.807, 2.05) is 6.20 Å². The minimum atomic E-state index is 0.805. The van der Waals surface area contributed by atoms with Gasteiger partial charge in [-0.3, -0.25) is 9.80 Å². The number of piperazine rings is 1. The lowest BCUT2D eigenvalue weighted by atomic mass is 10.0. The molecule has 1 fully saturated rings. The molecule has 0 saturated carbocycles. The lowest BCUT2D eigenvalue weighted by molar-refractivity contribution is 0.0786. The Bertz CT molecular complexity index is 1220. The Kier molecular flexibility index (Phi) is 7.05. The topological polar surface area (TPSA) is 44.4 Å². The number of ether oxygens (including phenoxy) is 1. The molecule has 0 bridgehead atoms. The van der Waals surface area contributed by atoms with E-state index < -0.39 is 0 Å². The smallest absolute Gasteiger partial charge is 0.137 e. The van der Waals surface area contributed by atoms with Gasteiger partial charge in [-0.05, 0) is 36.6 Å². The van der Waals surface area contributed by atoms with Crippen molar-refractivity contribution in [3.05, 3.63) is 78.1 Å². The number of fused-ring (bicyclic) bond motifs is 1. The van der Waals surface area contributed by atoms with Gasteiger partial charge >= 0.3 is 0 Å². The summed E-state index contributed by atoms with van der Waals surface area (Å²) in [6, 6.07) is 19.9. The van der Waals surface area contributed by atoms with E-state index in [0.29, 0.717) is 0 Å². The van der Waals surface area contributed by atoms with Crippen molar-refractivity contribution in [2.24, 2.45) is 0 Å². The highest BCUT2D eigenvalue weighted by Crippen LogP contribution is 2.31. The summed E-state index contributed by atoms with van der Waals surface area (Å²) in [5.74, 6) is 0. The van der Waals surface area contributed by atoms with Gasteiger partial charge in [0.15, 0.2) is 0 Å². The first-order valence-corrected chi connectivity index (χ1v) is 12.4. The second-order valence-corrected chi connectivity index (χ2v) is 9.20. The van der Waals surface area contributed by atoms with Gasteiger partial charge in [-0.25, -0.2) is 4.98 Å². The van der Waals surface area contributed by atoms with E-state index >= 15 is 0 Å². The lowest BCUT2D eigenvalue weighted by Gasteiger charge is -2.34. The number of pyridine rings is 1. The van der Waals surface area contributed by atoms with Crippen LogP contribution in [-0.4, -0.2) is 65.7 Å². The molecule has 34 heavy (non-hydrogen) atoms. The molecular weight excluding hydrogens is 420 g/mol. The molecule has 5 heteroatoms. The third-order valence-corrected chi connectivity index (χ3v) is 6.77. The Morgan fingerprint density at radius 3 is 2.47 bits per heavy atom. The second kappa shape index (κ2) is 10.5. The first kappa shape index (κ1) is 22.8. The Hall–Kier alpha value is -2.99. The highest BCUT2D eigenvalue weighted by Gasteiger charge is 2.17. The van der Waals surface area contributed by atoms with E-state index in [0.717, 1.165) is 69.1 Å². The zero-order valence-corrected chi connectivity index (χ0v) is 20.3. The van der Waals surface area contributed by atoms with E-state index in [1.54, 1.807) is 0 Å². The summed E-state index contributed by atoms with van der Waals surface area (Å²) >= 11 is 0. The highest BCUT2D eigenvalue weighted by molar-refractivity contribution is 5.95. The molecule has 1 aliphatic rings. The van der Waals surface area contributed by atoms with Crippen LogP contribution in [0.15, 0.2) is 67.0 Å². The summed E-state index contributed by atoms with van der Waals surface area (Å²) in [6.45, 7) is 12.4. The molecule has 0 amide bonds. The van der Waals surface area contributed by atoms with Crippen molar-refractivity contribution in [3.8, 4) is 22.3 Å². The van der Waals surface area contributed by atoms with Crippen molar-refractivity contribution in [2.75, 3.05) is 45.9 Å². The quantitative estimate of drug-likeness (QED) is 0.364. The summed E-state index contributed by atoms with van der Waals surface area (Å²) in [6.07, 6.45) is 4.03. The third kappa shape index (κ3) is 5.22. The number of hydrogen-bond acceptors (Lipinski definition) is 4. The SMILES string of the molecule is CCOCCN1CCN(Cc2ccc(-c3cnc4[nH]cc(-c5cccc(C)c5)c4c3)cc2)CC1. The molecule has 0 spiro atoms. The van der Waals surface area contributed by atoms with Crippen LogP contribution in [0.2, 0.25) is 0 Å². The van der Waals surface area contributed by atoms with Crippen LogP contribution in [0.25, 0.3) is 33.3 Å². The molecular formula is C29H34N4O. The summed E-state index contributed by atoms with van der Waals surface area (Å²) in [5, 5.41) is 1.16. The van der Waals surface area contributed by atoms with Crippen molar-refractivity contribution >= 4 is 11.0 Å². The van der Waals surface area contributed by atoms with Crippen molar-refractivity contribution in [2.45, 2.75) is 20.4 Å². The zero-order valence-electron chi connectivity index (χ0n) is 20.3. The van der Waals surface area contributed by atoms with Gasteiger partial charge in [0.2, 0.25) is 0 Å². The predicted octanol–water partition coefficient (Wildman–Crippen LogP) is 5.36. The van der Waals surface area contributed by atoms with Crippen LogP contribution >= 0.6 is 0 Å². The van der Waals surface area contributed by atoms with E-state index in [2.05, 4.69) is 89.4 Å². The zero-order chi connectivity index (χ0) is 23.3. The van der Waals surface area contributed by atoms with E-state index in [-0.39, 0.29) is 0 Å². The molecule has 1 saturated heterocycles. The largest absolute Gasteiger partial charge is 0.380 e. The minimum absolute atomic E-state index is 0.805. The molecule has 176 valence electrons. The molecule has 0 radical (unpaired) electrons. The molecule has 5 rings (SSSR count). The maximum Gasteiger partial charge on any atom is 0.137 e. The molecule has 1 N–H and O–H groups in total. The monoisotopic (exact) mass is 454 g/mol. The van der Waals surface area contributed by atoms with Gasteiger partial charge in [0.25, 0.3) is 0 Å². The van der Waals surface area contributed by atoms with E-state index in [9.17, 15) is 0 Å². The molecule has 1 aliphatic heterocycles. The summed E-state index contributed by atoms with van der Waals surface area (Å²) < 4.78 is 5.50. The predicted molar refractivity (Wildman–Crippen MR) is 140 cm³/mol. The summed E-state index contributed by atoms with van der Waals surface area (Å²) in [4.78, 5) is 13.1. The molecule has 4 aromatic rings. The van der Waals surface area contributed by atoms with Gasteiger partial charge in [-0.2, -0.15) is 0 Å². The Morgan fingerprint density at radius 2 is 1.71 bits per heavy atom. The van der Waals surface area contributed by atoms with Crippen LogP contribution in [0, 0.1) is 6.92 Å². The van der Waals surface area contributed by atoms with Gasteiger partial charge in [-0.15, -0.1) is 0 Å². The Morgan fingerprint density at radius 1 is 0.912 bits per heavy atom. The summed E-state index contributed by atoms with van der Waals surface area (Å²) in [7, 11) is 0. The maximum absolute atomic E-state index is 5.50.